The minimum atomic E-state index is -0.811. The molecule has 1 saturated heterocycles. The predicted octanol–water partition coefficient (Wildman–Crippen LogP) is 3.79. The van der Waals surface area contributed by atoms with E-state index in [-0.39, 0.29) is 23.6 Å². The van der Waals surface area contributed by atoms with Crippen molar-refractivity contribution < 1.29 is 18.7 Å². The van der Waals surface area contributed by atoms with Crippen molar-refractivity contribution in [2.75, 3.05) is 13.1 Å². The van der Waals surface area contributed by atoms with Crippen molar-refractivity contribution in [3.05, 3.63) is 60.2 Å². The van der Waals surface area contributed by atoms with E-state index in [1.807, 2.05) is 37.3 Å². The van der Waals surface area contributed by atoms with Gasteiger partial charge in [-0.2, -0.15) is 0 Å². The first kappa shape index (κ1) is 21.8. The van der Waals surface area contributed by atoms with Gasteiger partial charge in [-0.05, 0) is 61.4 Å². The quantitative estimate of drug-likeness (QED) is 0.756. The monoisotopic (exact) mass is 438 g/mol. The fraction of sp³-hybridized carbons (Fsp3) is 0.375. The van der Waals surface area contributed by atoms with Gasteiger partial charge >= 0.3 is 12.1 Å². The van der Waals surface area contributed by atoms with Crippen LogP contribution in [0, 0.1) is 23.6 Å². The minimum absolute atomic E-state index is 0.0697. The topological polar surface area (TPSA) is 112 Å². The van der Waals surface area contributed by atoms with E-state index in [9.17, 15) is 14.0 Å². The molecule has 1 aromatic heterocycles. The zero-order valence-electron chi connectivity index (χ0n) is 17.9. The van der Waals surface area contributed by atoms with Crippen LogP contribution in [0.3, 0.4) is 0 Å². The van der Waals surface area contributed by atoms with Gasteiger partial charge in [0.05, 0.1) is 5.69 Å². The number of carbonyl (C=O) groups is 2. The van der Waals surface area contributed by atoms with E-state index in [2.05, 4.69) is 4.98 Å². The molecule has 8 heteroatoms. The number of pyridine rings is 1. The summed E-state index contributed by atoms with van der Waals surface area (Å²) in [6.45, 7) is 3.01. The Morgan fingerprint density at radius 2 is 2.06 bits per heavy atom. The van der Waals surface area contributed by atoms with Gasteiger partial charge in [0.25, 0.3) is 0 Å². The van der Waals surface area contributed by atoms with Gasteiger partial charge in [0.1, 0.15) is 11.4 Å². The standard InChI is InChI=1S/C24H27FN4O3/c1-24(32-23(27)31)12-17-14-29(22(26)30)10-9-20(17)21(24)8-7-19-6-5-16(13-28-19)15-3-2-4-18(25)11-15/h2-8,11,13,17,20-21H,9-10,12,14H2,1H3,(H2,26,30)(H2,27,31)/b8-7+/t17-,20+,21-,24?/m0/s1. The molecule has 4 N–H and O–H groups in total. The third kappa shape index (κ3) is 4.44. The van der Waals surface area contributed by atoms with E-state index >= 15 is 0 Å². The van der Waals surface area contributed by atoms with Gasteiger partial charge in [-0.3, -0.25) is 4.98 Å². The fourth-order valence-corrected chi connectivity index (χ4v) is 5.28. The number of rotatable bonds is 4. The number of hydrogen-bond acceptors (Lipinski definition) is 4. The Bertz CT molecular complexity index is 1040. The summed E-state index contributed by atoms with van der Waals surface area (Å²) in [5.74, 6) is 0.0365. The van der Waals surface area contributed by atoms with E-state index in [1.165, 1.54) is 12.1 Å². The van der Waals surface area contributed by atoms with Crippen molar-refractivity contribution in [2.24, 2.45) is 29.2 Å². The lowest BCUT2D eigenvalue weighted by atomic mass is 9.81. The summed E-state index contributed by atoms with van der Waals surface area (Å²) < 4.78 is 19.1. The Morgan fingerprint density at radius 3 is 2.72 bits per heavy atom. The highest BCUT2D eigenvalue weighted by Gasteiger charge is 2.53. The molecule has 168 valence electrons. The number of ether oxygens (including phenoxy) is 1. The number of primary amides is 2. The Hall–Kier alpha value is -3.42. The van der Waals surface area contributed by atoms with Crippen LogP contribution in [0.4, 0.5) is 14.0 Å². The van der Waals surface area contributed by atoms with Crippen LogP contribution >= 0.6 is 0 Å². The highest BCUT2D eigenvalue weighted by atomic mass is 19.1. The van der Waals surface area contributed by atoms with Crippen molar-refractivity contribution in [1.82, 2.24) is 9.88 Å². The summed E-state index contributed by atoms with van der Waals surface area (Å²) in [6, 6.07) is 9.70. The Balaban J connectivity index is 1.55. The van der Waals surface area contributed by atoms with E-state index in [0.717, 1.165) is 23.2 Å². The van der Waals surface area contributed by atoms with E-state index in [4.69, 9.17) is 16.2 Å². The second-order valence-electron chi connectivity index (χ2n) is 8.80. The van der Waals surface area contributed by atoms with Gasteiger partial charge in [0.2, 0.25) is 0 Å². The molecule has 2 aromatic rings. The smallest absolute Gasteiger partial charge is 0.405 e. The van der Waals surface area contributed by atoms with Gasteiger partial charge in [-0.1, -0.05) is 24.3 Å². The summed E-state index contributed by atoms with van der Waals surface area (Å²) >= 11 is 0. The number of aromatic nitrogens is 1. The van der Waals surface area contributed by atoms with Crippen molar-refractivity contribution in [2.45, 2.75) is 25.4 Å². The van der Waals surface area contributed by atoms with Gasteiger partial charge in [-0.25, -0.2) is 14.0 Å². The molecular weight excluding hydrogens is 411 g/mol. The largest absolute Gasteiger partial charge is 0.443 e. The van der Waals surface area contributed by atoms with Gasteiger partial charge in [0, 0.05) is 30.8 Å². The molecule has 1 aliphatic carbocycles. The molecule has 0 radical (unpaired) electrons. The van der Waals surface area contributed by atoms with Crippen LogP contribution in [0.5, 0.6) is 0 Å². The normalized spacial score (nSPS) is 27.3. The number of nitrogens with zero attached hydrogens (tertiary/aromatic N) is 2. The van der Waals surface area contributed by atoms with Gasteiger partial charge < -0.3 is 21.1 Å². The highest BCUT2D eigenvalue weighted by Crippen LogP contribution is 2.50. The molecule has 2 aliphatic rings. The Morgan fingerprint density at radius 1 is 1.25 bits per heavy atom. The van der Waals surface area contributed by atoms with E-state index < -0.39 is 17.7 Å². The number of likely N-dealkylation sites (tertiary alicyclic amines) is 1. The third-order valence-corrected chi connectivity index (χ3v) is 6.69. The zero-order chi connectivity index (χ0) is 22.9. The van der Waals surface area contributed by atoms with Crippen LogP contribution in [-0.4, -0.2) is 40.7 Å². The molecule has 1 aliphatic heterocycles. The number of fused-ring (bicyclic) bond motifs is 1. The molecule has 0 spiro atoms. The van der Waals surface area contributed by atoms with Crippen LogP contribution < -0.4 is 11.5 Å². The summed E-state index contributed by atoms with van der Waals surface area (Å²) in [5.41, 5.74) is 12.4. The van der Waals surface area contributed by atoms with Gasteiger partial charge in [-0.15, -0.1) is 0 Å². The second-order valence-corrected chi connectivity index (χ2v) is 8.80. The van der Waals surface area contributed by atoms with Gasteiger partial charge in [0.15, 0.2) is 0 Å². The molecule has 2 fully saturated rings. The first-order valence-corrected chi connectivity index (χ1v) is 10.7. The maximum Gasteiger partial charge on any atom is 0.405 e. The summed E-state index contributed by atoms with van der Waals surface area (Å²) in [5, 5.41) is 0. The molecule has 32 heavy (non-hydrogen) atoms. The minimum Gasteiger partial charge on any atom is -0.443 e. The summed E-state index contributed by atoms with van der Waals surface area (Å²) in [6.07, 6.45) is 6.20. The molecule has 4 rings (SSSR count). The highest BCUT2D eigenvalue weighted by molar-refractivity contribution is 5.72. The third-order valence-electron chi connectivity index (χ3n) is 6.69. The molecule has 1 saturated carbocycles. The van der Waals surface area contributed by atoms with E-state index in [0.29, 0.717) is 19.5 Å². The van der Waals surface area contributed by atoms with Crippen LogP contribution in [0.15, 0.2) is 48.7 Å². The van der Waals surface area contributed by atoms with E-state index in [1.54, 1.807) is 17.2 Å². The van der Waals surface area contributed by atoms with Crippen LogP contribution in [0.1, 0.15) is 25.5 Å². The molecule has 0 bridgehead atoms. The number of carbonyl (C=O) groups excluding carboxylic acids is 2. The molecule has 1 unspecified atom stereocenters. The zero-order valence-corrected chi connectivity index (χ0v) is 17.9. The van der Waals surface area contributed by atoms with Crippen molar-refractivity contribution in [3.8, 4) is 11.1 Å². The average Bonchev–Trinajstić information content (AvgIpc) is 3.01. The van der Waals surface area contributed by atoms with Crippen LogP contribution in [-0.2, 0) is 4.74 Å². The lowest BCUT2D eigenvalue weighted by Gasteiger charge is -2.36. The summed E-state index contributed by atoms with van der Waals surface area (Å²) in [4.78, 5) is 29.4. The number of benzene rings is 1. The predicted molar refractivity (Wildman–Crippen MR) is 119 cm³/mol. The lowest BCUT2D eigenvalue weighted by Crippen LogP contribution is -2.45. The summed E-state index contributed by atoms with van der Waals surface area (Å²) in [7, 11) is 0. The number of hydrogen-bond donors (Lipinski definition) is 2. The average molecular weight is 439 g/mol. The lowest BCUT2D eigenvalue weighted by molar-refractivity contribution is 0.00841. The molecule has 1 aromatic carbocycles. The molecule has 3 amide bonds. The van der Waals surface area contributed by atoms with Crippen molar-refractivity contribution in [1.29, 1.82) is 0 Å². The first-order chi connectivity index (χ1) is 15.2. The maximum atomic E-state index is 13.5. The molecular formula is C24H27FN4O3. The Labute approximate surface area is 186 Å². The Kier molecular flexibility index (Phi) is 5.86. The molecule has 2 heterocycles. The van der Waals surface area contributed by atoms with Crippen LogP contribution in [0.25, 0.3) is 17.2 Å². The SMILES string of the molecule is CC1(OC(N)=O)C[C@H]2CN(C(N)=O)CC[C@H]2[C@@H]1/C=C/c1ccc(-c2cccc(F)c2)cn1. The number of urea groups is 1. The van der Waals surface area contributed by atoms with Crippen LogP contribution in [0.2, 0.25) is 0 Å². The van der Waals surface area contributed by atoms with Crippen molar-refractivity contribution in [3.63, 3.8) is 0 Å². The van der Waals surface area contributed by atoms with Crippen molar-refractivity contribution >= 4 is 18.2 Å². The number of halogens is 1. The molecule has 7 nitrogen and oxygen atoms in total. The maximum absolute atomic E-state index is 13.5. The first-order valence-electron chi connectivity index (χ1n) is 10.7. The number of piperidine rings is 1. The number of amides is 3. The second kappa shape index (κ2) is 8.61. The fourth-order valence-electron chi connectivity index (χ4n) is 5.28. The molecule has 4 atom stereocenters. The number of nitrogens with two attached hydrogens (primary N) is 2.